The summed E-state index contributed by atoms with van der Waals surface area (Å²) in [6.45, 7) is 0. The highest BCUT2D eigenvalue weighted by molar-refractivity contribution is 5.83. The molecule has 2 aromatic rings. The summed E-state index contributed by atoms with van der Waals surface area (Å²) in [6.07, 6.45) is 1.54. The molecule has 2 rings (SSSR count). The highest BCUT2D eigenvalue weighted by atomic mass is 16.3. The SMILES string of the molecule is CN(C)c1cc(N/N=C\c2ccccc2O)nc(N(C)C)n1. The molecule has 116 valence electrons. The summed E-state index contributed by atoms with van der Waals surface area (Å²) in [6, 6.07) is 8.78. The Morgan fingerprint density at radius 2 is 1.82 bits per heavy atom. The van der Waals surface area contributed by atoms with Crippen LogP contribution in [0.15, 0.2) is 35.4 Å². The molecule has 7 nitrogen and oxygen atoms in total. The van der Waals surface area contributed by atoms with Crippen LogP contribution in [-0.4, -0.2) is 49.5 Å². The van der Waals surface area contributed by atoms with Gasteiger partial charge in [-0.1, -0.05) is 12.1 Å². The fourth-order valence-corrected chi connectivity index (χ4v) is 1.67. The fourth-order valence-electron chi connectivity index (χ4n) is 1.67. The van der Waals surface area contributed by atoms with Gasteiger partial charge in [0, 0.05) is 39.8 Å². The monoisotopic (exact) mass is 300 g/mol. The van der Waals surface area contributed by atoms with Crippen molar-refractivity contribution in [3.05, 3.63) is 35.9 Å². The number of hydrogen-bond acceptors (Lipinski definition) is 7. The van der Waals surface area contributed by atoms with Crippen LogP contribution in [0.2, 0.25) is 0 Å². The van der Waals surface area contributed by atoms with Gasteiger partial charge in [-0.25, -0.2) is 0 Å². The maximum absolute atomic E-state index is 9.68. The average molecular weight is 300 g/mol. The van der Waals surface area contributed by atoms with Gasteiger partial charge in [-0.3, -0.25) is 5.43 Å². The van der Waals surface area contributed by atoms with Crippen molar-refractivity contribution in [1.29, 1.82) is 0 Å². The minimum absolute atomic E-state index is 0.179. The minimum atomic E-state index is 0.179. The summed E-state index contributed by atoms with van der Waals surface area (Å²) in [5, 5.41) is 13.8. The molecule has 1 aromatic heterocycles. The predicted octanol–water partition coefficient (Wildman–Crippen LogP) is 1.76. The first-order valence-electron chi connectivity index (χ1n) is 6.78. The van der Waals surface area contributed by atoms with Crippen LogP contribution >= 0.6 is 0 Å². The Morgan fingerprint density at radius 1 is 1.09 bits per heavy atom. The summed E-state index contributed by atoms with van der Waals surface area (Å²) in [7, 11) is 7.58. The van der Waals surface area contributed by atoms with Crippen LogP contribution < -0.4 is 15.2 Å². The van der Waals surface area contributed by atoms with Crippen molar-refractivity contribution in [2.24, 2.45) is 5.10 Å². The summed E-state index contributed by atoms with van der Waals surface area (Å²) in [4.78, 5) is 12.5. The van der Waals surface area contributed by atoms with Crippen molar-refractivity contribution in [1.82, 2.24) is 9.97 Å². The van der Waals surface area contributed by atoms with Gasteiger partial charge in [0.2, 0.25) is 5.95 Å². The number of hydrazone groups is 1. The normalized spacial score (nSPS) is 10.7. The van der Waals surface area contributed by atoms with Crippen molar-refractivity contribution >= 4 is 23.8 Å². The lowest BCUT2D eigenvalue weighted by atomic mass is 10.2. The Balaban J connectivity index is 2.20. The Kier molecular flexibility index (Phi) is 4.77. The lowest BCUT2D eigenvalue weighted by Gasteiger charge is -2.16. The van der Waals surface area contributed by atoms with E-state index < -0.39 is 0 Å². The van der Waals surface area contributed by atoms with Crippen molar-refractivity contribution in [2.45, 2.75) is 0 Å². The van der Waals surface area contributed by atoms with Crippen LogP contribution in [0.3, 0.4) is 0 Å². The second-order valence-electron chi connectivity index (χ2n) is 5.13. The first-order chi connectivity index (χ1) is 10.5. The van der Waals surface area contributed by atoms with Gasteiger partial charge in [-0.15, -0.1) is 0 Å². The molecule has 0 aliphatic carbocycles. The Bertz CT molecular complexity index is 643. The summed E-state index contributed by atoms with van der Waals surface area (Å²) in [5.74, 6) is 2.12. The number of benzene rings is 1. The van der Waals surface area contributed by atoms with Gasteiger partial charge >= 0.3 is 0 Å². The van der Waals surface area contributed by atoms with E-state index in [0.29, 0.717) is 17.3 Å². The Morgan fingerprint density at radius 3 is 2.45 bits per heavy atom. The highest BCUT2D eigenvalue weighted by Gasteiger charge is 2.07. The molecule has 0 atom stereocenters. The third kappa shape index (κ3) is 3.85. The molecule has 0 bridgehead atoms. The van der Waals surface area contributed by atoms with E-state index in [-0.39, 0.29) is 5.75 Å². The maximum atomic E-state index is 9.68. The number of aromatic hydroxyl groups is 1. The number of phenolic OH excluding ortho intramolecular Hbond substituents is 1. The average Bonchev–Trinajstić information content (AvgIpc) is 2.49. The quantitative estimate of drug-likeness (QED) is 0.647. The molecule has 0 spiro atoms. The summed E-state index contributed by atoms with van der Waals surface area (Å²) in [5.41, 5.74) is 3.49. The predicted molar refractivity (Wildman–Crippen MR) is 90.0 cm³/mol. The highest BCUT2D eigenvalue weighted by Crippen LogP contribution is 2.18. The van der Waals surface area contributed by atoms with Crippen LogP contribution in [0.1, 0.15) is 5.56 Å². The van der Waals surface area contributed by atoms with E-state index in [2.05, 4.69) is 20.5 Å². The van der Waals surface area contributed by atoms with E-state index >= 15 is 0 Å². The molecular weight excluding hydrogens is 280 g/mol. The van der Waals surface area contributed by atoms with E-state index in [1.807, 2.05) is 44.1 Å². The first kappa shape index (κ1) is 15.6. The fraction of sp³-hybridized carbons (Fsp3) is 0.267. The number of nitrogens with one attached hydrogen (secondary N) is 1. The van der Waals surface area contributed by atoms with Gasteiger partial charge < -0.3 is 14.9 Å². The van der Waals surface area contributed by atoms with Crippen LogP contribution in [0.5, 0.6) is 5.75 Å². The van der Waals surface area contributed by atoms with Crippen LogP contribution in [0.25, 0.3) is 0 Å². The lowest BCUT2D eigenvalue weighted by molar-refractivity contribution is 0.474. The molecule has 0 amide bonds. The number of para-hydroxylation sites is 1. The molecule has 2 N–H and O–H groups in total. The van der Waals surface area contributed by atoms with E-state index in [1.165, 1.54) is 0 Å². The second-order valence-corrected chi connectivity index (χ2v) is 5.13. The van der Waals surface area contributed by atoms with Crippen LogP contribution in [-0.2, 0) is 0 Å². The number of hydrogen-bond donors (Lipinski definition) is 2. The van der Waals surface area contributed by atoms with Gasteiger partial charge in [0.05, 0.1) is 6.21 Å². The molecule has 0 fully saturated rings. The molecule has 7 heteroatoms. The topological polar surface area (TPSA) is 76.9 Å². The largest absolute Gasteiger partial charge is 0.507 e. The zero-order chi connectivity index (χ0) is 16.1. The van der Waals surface area contributed by atoms with Gasteiger partial charge in [0.1, 0.15) is 11.6 Å². The Hall–Kier alpha value is -2.83. The molecule has 0 radical (unpaired) electrons. The molecule has 0 unspecified atom stereocenters. The lowest BCUT2D eigenvalue weighted by Crippen LogP contribution is -2.17. The Labute approximate surface area is 129 Å². The number of phenols is 1. The van der Waals surface area contributed by atoms with Gasteiger partial charge in [0.15, 0.2) is 5.82 Å². The van der Waals surface area contributed by atoms with Gasteiger partial charge in [0.25, 0.3) is 0 Å². The van der Waals surface area contributed by atoms with Crippen molar-refractivity contribution in [3.8, 4) is 5.75 Å². The standard InChI is InChI=1S/C15H20N6O/c1-20(2)14-9-13(17-15(18-14)21(3)4)19-16-10-11-7-5-6-8-12(11)22/h5-10,22H,1-4H3,(H,17,18,19)/b16-10-. The number of anilines is 3. The molecule has 1 aromatic carbocycles. The zero-order valence-corrected chi connectivity index (χ0v) is 13.1. The van der Waals surface area contributed by atoms with Crippen molar-refractivity contribution in [3.63, 3.8) is 0 Å². The van der Waals surface area contributed by atoms with Crippen LogP contribution in [0, 0.1) is 0 Å². The summed E-state index contributed by atoms with van der Waals surface area (Å²) >= 11 is 0. The molecule has 0 aliphatic heterocycles. The zero-order valence-electron chi connectivity index (χ0n) is 13.1. The van der Waals surface area contributed by atoms with Crippen molar-refractivity contribution in [2.75, 3.05) is 43.4 Å². The number of nitrogens with zero attached hydrogens (tertiary/aromatic N) is 5. The maximum Gasteiger partial charge on any atom is 0.228 e. The second kappa shape index (κ2) is 6.75. The van der Waals surface area contributed by atoms with Crippen LogP contribution in [0.4, 0.5) is 17.6 Å². The van der Waals surface area contributed by atoms with E-state index in [1.54, 1.807) is 30.5 Å². The van der Waals surface area contributed by atoms with Gasteiger partial charge in [-0.05, 0) is 12.1 Å². The van der Waals surface area contributed by atoms with E-state index in [0.717, 1.165) is 5.82 Å². The molecule has 22 heavy (non-hydrogen) atoms. The smallest absolute Gasteiger partial charge is 0.228 e. The van der Waals surface area contributed by atoms with E-state index in [9.17, 15) is 5.11 Å². The molecule has 0 aliphatic rings. The third-order valence-electron chi connectivity index (χ3n) is 2.88. The first-order valence-corrected chi connectivity index (χ1v) is 6.78. The number of rotatable bonds is 5. The number of aromatic nitrogens is 2. The summed E-state index contributed by atoms with van der Waals surface area (Å²) < 4.78 is 0. The molecule has 0 saturated heterocycles. The molecular formula is C15H20N6O. The van der Waals surface area contributed by atoms with Crippen molar-refractivity contribution < 1.29 is 5.11 Å². The third-order valence-corrected chi connectivity index (χ3v) is 2.88. The minimum Gasteiger partial charge on any atom is -0.507 e. The molecule has 0 saturated carbocycles. The van der Waals surface area contributed by atoms with Gasteiger partial charge in [-0.2, -0.15) is 15.1 Å². The molecule has 1 heterocycles. The van der Waals surface area contributed by atoms with E-state index in [4.69, 9.17) is 0 Å².